The van der Waals surface area contributed by atoms with Crippen molar-refractivity contribution in [2.75, 3.05) is 0 Å². The van der Waals surface area contributed by atoms with Crippen LogP contribution in [0.4, 0.5) is 13.2 Å². The average Bonchev–Trinajstić information content (AvgIpc) is 1.98. The van der Waals surface area contributed by atoms with Gasteiger partial charge >= 0.3 is 6.18 Å². The van der Waals surface area contributed by atoms with Crippen LogP contribution in [0.2, 0.25) is 15.1 Å². The first kappa shape index (κ1) is 11.0. The van der Waals surface area contributed by atoms with Gasteiger partial charge in [-0.15, -0.1) is 0 Å². The molecular weight excluding hydrogens is 247 g/mol. The first-order valence-corrected chi connectivity index (χ1v) is 4.18. The minimum Gasteiger partial charge on any atom is -0.166 e. The molecule has 0 saturated heterocycles. The van der Waals surface area contributed by atoms with Crippen molar-refractivity contribution < 1.29 is 13.2 Å². The van der Waals surface area contributed by atoms with Crippen molar-refractivity contribution in [3.63, 3.8) is 0 Å². The van der Waals surface area contributed by atoms with Gasteiger partial charge in [-0.25, -0.2) is 0 Å². The summed E-state index contributed by atoms with van der Waals surface area (Å²) in [6.45, 7) is 0. The Morgan fingerprint density at radius 3 is 1.92 bits per heavy atom. The van der Waals surface area contributed by atoms with Crippen LogP contribution in [-0.2, 0) is 6.18 Å². The van der Waals surface area contributed by atoms with Crippen LogP contribution in [0.1, 0.15) is 5.56 Å². The molecule has 0 unspecified atom stereocenters. The lowest BCUT2D eigenvalue weighted by Gasteiger charge is -2.09. The zero-order valence-electron chi connectivity index (χ0n) is 5.92. The Morgan fingerprint density at radius 2 is 1.46 bits per heavy atom. The van der Waals surface area contributed by atoms with Crippen molar-refractivity contribution in [3.05, 3.63) is 32.8 Å². The van der Waals surface area contributed by atoms with E-state index in [0.717, 1.165) is 12.1 Å². The molecule has 0 radical (unpaired) electrons. The van der Waals surface area contributed by atoms with Crippen LogP contribution in [0.5, 0.6) is 0 Å². The standard InChI is InChI=1S/C7H2Cl3F3/c8-4-2-1-3(7(11,12)13)5(9)6(4)10/h1-2H. The quantitative estimate of drug-likeness (QED) is 0.586. The summed E-state index contributed by atoms with van der Waals surface area (Å²) >= 11 is 16.2. The highest BCUT2D eigenvalue weighted by atomic mass is 35.5. The summed E-state index contributed by atoms with van der Waals surface area (Å²) in [6.07, 6.45) is -4.51. The lowest BCUT2D eigenvalue weighted by atomic mass is 10.2. The molecule has 1 rings (SSSR count). The molecule has 72 valence electrons. The fourth-order valence-corrected chi connectivity index (χ4v) is 1.39. The second kappa shape index (κ2) is 3.56. The maximum atomic E-state index is 12.2. The Labute approximate surface area is 87.2 Å². The SMILES string of the molecule is FC(F)(F)c1ccc(Cl)c(Cl)c1Cl. The number of halogens is 6. The summed E-state index contributed by atoms with van der Waals surface area (Å²) < 4.78 is 36.5. The number of alkyl halides is 3. The molecule has 0 aliphatic heterocycles. The molecule has 0 aliphatic carbocycles. The lowest BCUT2D eigenvalue weighted by molar-refractivity contribution is -0.137. The van der Waals surface area contributed by atoms with Crippen molar-refractivity contribution >= 4 is 34.8 Å². The van der Waals surface area contributed by atoms with Gasteiger partial charge in [-0.3, -0.25) is 0 Å². The summed E-state index contributed by atoms with van der Waals surface area (Å²) in [4.78, 5) is 0. The normalized spacial score (nSPS) is 11.8. The van der Waals surface area contributed by atoms with E-state index in [1.807, 2.05) is 0 Å². The largest absolute Gasteiger partial charge is 0.417 e. The molecule has 0 bridgehead atoms. The Morgan fingerprint density at radius 1 is 0.923 bits per heavy atom. The summed E-state index contributed by atoms with van der Waals surface area (Å²) in [7, 11) is 0. The van der Waals surface area contributed by atoms with Crippen molar-refractivity contribution in [2.45, 2.75) is 6.18 Å². The average molecular weight is 249 g/mol. The highest BCUT2D eigenvalue weighted by Crippen LogP contribution is 2.40. The van der Waals surface area contributed by atoms with Gasteiger partial charge in [-0.1, -0.05) is 34.8 Å². The maximum Gasteiger partial charge on any atom is 0.417 e. The molecule has 0 amide bonds. The van der Waals surface area contributed by atoms with Crippen LogP contribution in [0.3, 0.4) is 0 Å². The van der Waals surface area contributed by atoms with Crippen LogP contribution in [0.25, 0.3) is 0 Å². The summed E-state index contributed by atoms with van der Waals surface area (Å²) in [5.74, 6) is 0. The summed E-state index contributed by atoms with van der Waals surface area (Å²) in [5.41, 5.74) is -0.983. The number of rotatable bonds is 0. The number of hydrogen-bond donors (Lipinski definition) is 0. The van der Waals surface area contributed by atoms with E-state index in [2.05, 4.69) is 0 Å². The monoisotopic (exact) mass is 248 g/mol. The van der Waals surface area contributed by atoms with Crippen molar-refractivity contribution in [2.24, 2.45) is 0 Å². The van der Waals surface area contributed by atoms with E-state index in [1.54, 1.807) is 0 Å². The molecule has 0 aromatic heterocycles. The second-order valence-corrected chi connectivity index (χ2v) is 3.38. The van der Waals surface area contributed by atoms with Gasteiger partial charge in [0.2, 0.25) is 0 Å². The summed E-state index contributed by atoms with van der Waals surface area (Å²) in [5, 5.41) is -0.848. The van der Waals surface area contributed by atoms with Crippen LogP contribution in [0, 0.1) is 0 Å². The van der Waals surface area contributed by atoms with E-state index in [9.17, 15) is 13.2 Å². The van der Waals surface area contributed by atoms with Crippen molar-refractivity contribution in [1.29, 1.82) is 0 Å². The Hall–Kier alpha value is -0.120. The fraction of sp³-hybridized carbons (Fsp3) is 0.143. The topological polar surface area (TPSA) is 0 Å². The molecule has 0 nitrogen and oxygen atoms in total. The zero-order chi connectivity index (χ0) is 10.2. The van der Waals surface area contributed by atoms with Crippen LogP contribution in [-0.4, -0.2) is 0 Å². The molecule has 0 heterocycles. The Balaban J connectivity index is 3.35. The van der Waals surface area contributed by atoms with Crippen LogP contribution >= 0.6 is 34.8 Å². The van der Waals surface area contributed by atoms with Gasteiger partial charge in [0.25, 0.3) is 0 Å². The number of hydrogen-bond acceptors (Lipinski definition) is 0. The molecule has 0 aliphatic rings. The van der Waals surface area contributed by atoms with Crippen LogP contribution < -0.4 is 0 Å². The minimum absolute atomic E-state index is 0.000309. The molecule has 1 aromatic carbocycles. The third kappa shape index (κ3) is 2.22. The third-order valence-corrected chi connectivity index (χ3v) is 2.63. The van der Waals surface area contributed by atoms with Gasteiger partial charge in [0.1, 0.15) is 0 Å². The third-order valence-electron chi connectivity index (χ3n) is 1.34. The van der Waals surface area contributed by atoms with Crippen LogP contribution in [0.15, 0.2) is 12.1 Å². The fourth-order valence-electron chi connectivity index (χ4n) is 0.745. The molecular formula is C7H2Cl3F3. The lowest BCUT2D eigenvalue weighted by Crippen LogP contribution is -2.05. The Kier molecular flexibility index (Phi) is 3.00. The van der Waals surface area contributed by atoms with E-state index in [-0.39, 0.29) is 10.0 Å². The Bertz CT molecular complexity index is 332. The van der Waals surface area contributed by atoms with Crippen molar-refractivity contribution in [3.8, 4) is 0 Å². The summed E-state index contributed by atoms with van der Waals surface area (Å²) in [6, 6.07) is 1.84. The maximum absolute atomic E-state index is 12.2. The molecule has 0 spiro atoms. The van der Waals surface area contributed by atoms with E-state index >= 15 is 0 Å². The predicted molar refractivity (Wildman–Crippen MR) is 46.5 cm³/mol. The van der Waals surface area contributed by atoms with E-state index in [4.69, 9.17) is 34.8 Å². The molecule has 0 atom stereocenters. The van der Waals surface area contributed by atoms with Gasteiger partial charge in [-0.2, -0.15) is 13.2 Å². The minimum atomic E-state index is -4.51. The van der Waals surface area contributed by atoms with Gasteiger partial charge in [0.05, 0.1) is 20.6 Å². The first-order valence-electron chi connectivity index (χ1n) is 3.04. The highest BCUT2D eigenvalue weighted by Gasteiger charge is 2.34. The van der Waals surface area contributed by atoms with Gasteiger partial charge < -0.3 is 0 Å². The molecule has 0 N–H and O–H groups in total. The predicted octanol–water partition coefficient (Wildman–Crippen LogP) is 4.67. The van der Waals surface area contributed by atoms with E-state index in [0.29, 0.717) is 0 Å². The highest BCUT2D eigenvalue weighted by molar-refractivity contribution is 6.48. The van der Waals surface area contributed by atoms with E-state index in [1.165, 1.54) is 0 Å². The van der Waals surface area contributed by atoms with Gasteiger partial charge in [-0.05, 0) is 12.1 Å². The molecule has 13 heavy (non-hydrogen) atoms. The molecule has 0 fully saturated rings. The van der Waals surface area contributed by atoms with E-state index < -0.39 is 16.8 Å². The number of benzene rings is 1. The molecule has 1 aromatic rings. The zero-order valence-corrected chi connectivity index (χ0v) is 8.19. The first-order chi connectivity index (χ1) is 5.84. The van der Waals surface area contributed by atoms with Gasteiger partial charge in [0, 0.05) is 0 Å². The van der Waals surface area contributed by atoms with Crippen molar-refractivity contribution in [1.82, 2.24) is 0 Å². The smallest absolute Gasteiger partial charge is 0.166 e. The van der Waals surface area contributed by atoms with Gasteiger partial charge in [0.15, 0.2) is 0 Å². The molecule has 0 saturated carbocycles. The molecule has 6 heteroatoms. The second-order valence-electron chi connectivity index (χ2n) is 2.22.